The molecule has 0 bridgehead atoms. The zero-order valence-corrected chi connectivity index (χ0v) is 8.40. The van der Waals surface area contributed by atoms with Crippen LogP contribution in [0.1, 0.15) is 0 Å². The number of carbonyl (C=O) groups is 1. The van der Waals surface area contributed by atoms with Crippen molar-refractivity contribution in [3.63, 3.8) is 0 Å². The van der Waals surface area contributed by atoms with Gasteiger partial charge < -0.3 is 11.1 Å². The topological polar surface area (TPSA) is 79.2 Å². The number of hydrogen-bond donors (Lipinski definition) is 4. The Kier molecular flexibility index (Phi) is 3.81. The van der Waals surface area contributed by atoms with Crippen LogP contribution in [0.4, 0.5) is 14.9 Å². The summed E-state index contributed by atoms with van der Waals surface area (Å²) in [7, 11) is 0. The van der Waals surface area contributed by atoms with E-state index < -0.39 is 6.03 Å². The van der Waals surface area contributed by atoms with Gasteiger partial charge in [0, 0.05) is 5.69 Å². The third kappa shape index (κ3) is 4.23. The minimum absolute atomic E-state index is 0.0516. The van der Waals surface area contributed by atoms with E-state index in [4.69, 9.17) is 5.73 Å². The fourth-order valence-corrected chi connectivity index (χ4v) is 0.865. The second-order valence-corrected chi connectivity index (χ2v) is 3.02. The summed E-state index contributed by atoms with van der Waals surface area (Å²) in [5.74, 6) is -0.373. The molecule has 1 rings (SSSR count). The molecule has 0 spiro atoms. The SMILES string of the molecule is NC(=S)NNC(=O)Nc1ccc(F)cc1. The van der Waals surface area contributed by atoms with Crippen LogP contribution in [-0.2, 0) is 0 Å². The van der Waals surface area contributed by atoms with Gasteiger partial charge in [0.25, 0.3) is 0 Å². The van der Waals surface area contributed by atoms with E-state index in [1.54, 1.807) is 0 Å². The molecule has 0 aromatic heterocycles. The average molecular weight is 228 g/mol. The number of amides is 2. The van der Waals surface area contributed by atoms with Crippen LogP contribution in [0.25, 0.3) is 0 Å². The highest BCUT2D eigenvalue weighted by Gasteiger charge is 2.00. The predicted octanol–water partition coefficient (Wildman–Crippen LogP) is 0.695. The van der Waals surface area contributed by atoms with E-state index in [-0.39, 0.29) is 10.9 Å². The van der Waals surface area contributed by atoms with E-state index in [1.807, 2.05) is 0 Å². The lowest BCUT2D eigenvalue weighted by atomic mass is 10.3. The summed E-state index contributed by atoms with van der Waals surface area (Å²) >= 11 is 4.47. The average Bonchev–Trinajstić information content (AvgIpc) is 2.19. The van der Waals surface area contributed by atoms with E-state index in [0.717, 1.165) is 0 Å². The second kappa shape index (κ2) is 5.11. The van der Waals surface area contributed by atoms with Gasteiger partial charge in [-0.15, -0.1) is 0 Å². The summed E-state index contributed by atoms with van der Waals surface area (Å²) < 4.78 is 12.5. The molecule has 0 atom stereocenters. The van der Waals surface area contributed by atoms with Crippen molar-refractivity contribution in [3.8, 4) is 0 Å². The molecule has 0 heterocycles. The maximum atomic E-state index is 12.5. The van der Waals surface area contributed by atoms with Crippen molar-refractivity contribution in [3.05, 3.63) is 30.1 Å². The Morgan fingerprint density at radius 2 is 1.87 bits per heavy atom. The molecule has 7 heteroatoms. The van der Waals surface area contributed by atoms with Crippen LogP contribution in [0.2, 0.25) is 0 Å². The summed E-state index contributed by atoms with van der Waals surface area (Å²) in [5.41, 5.74) is 9.97. The maximum absolute atomic E-state index is 12.5. The van der Waals surface area contributed by atoms with Gasteiger partial charge >= 0.3 is 6.03 Å². The van der Waals surface area contributed by atoms with Gasteiger partial charge in [-0.2, -0.15) is 0 Å². The first-order valence-electron chi connectivity index (χ1n) is 3.96. The van der Waals surface area contributed by atoms with Crippen LogP contribution in [0, 0.1) is 5.82 Å². The molecule has 15 heavy (non-hydrogen) atoms. The summed E-state index contributed by atoms with van der Waals surface area (Å²) in [4.78, 5) is 11.1. The van der Waals surface area contributed by atoms with E-state index in [2.05, 4.69) is 28.4 Å². The van der Waals surface area contributed by atoms with Crippen molar-refractivity contribution < 1.29 is 9.18 Å². The van der Waals surface area contributed by atoms with Crippen LogP contribution < -0.4 is 21.9 Å². The highest BCUT2D eigenvalue weighted by molar-refractivity contribution is 7.80. The molecule has 0 unspecified atom stereocenters. The van der Waals surface area contributed by atoms with E-state index in [1.165, 1.54) is 24.3 Å². The molecule has 1 aromatic rings. The minimum Gasteiger partial charge on any atom is -0.375 e. The van der Waals surface area contributed by atoms with Gasteiger partial charge in [-0.05, 0) is 36.5 Å². The van der Waals surface area contributed by atoms with Gasteiger partial charge in [0.15, 0.2) is 5.11 Å². The Balaban J connectivity index is 2.44. The maximum Gasteiger partial charge on any atom is 0.337 e. The molecular formula is C8H9FN4OS. The van der Waals surface area contributed by atoms with Crippen LogP contribution >= 0.6 is 12.2 Å². The molecule has 5 nitrogen and oxygen atoms in total. The van der Waals surface area contributed by atoms with Crippen molar-refractivity contribution in [1.29, 1.82) is 0 Å². The van der Waals surface area contributed by atoms with Gasteiger partial charge in [0.1, 0.15) is 5.82 Å². The van der Waals surface area contributed by atoms with Gasteiger partial charge in [0.05, 0.1) is 0 Å². The summed E-state index contributed by atoms with van der Waals surface area (Å²) in [5, 5.41) is 2.38. The molecule has 0 radical (unpaired) electrons. The van der Waals surface area contributed by atoms with E-state index >= 15 is 0 Å². The molecule has 0 saturated carbocycles. The zero-order chi connectivity index (χ0) is 11.3. The number of urea groups is 1. The lowest BCUT2D eigenvalue weighted by Gasteiger charge is -2.07. The lowest BCUT2D eigenvalue weighted by molar-refractivity contribution is 0.250. The summed E-state index contributed by atoms with van der Waals surface area (Å²) in [6, 6.07) is 4.77. The Labute approximate surface area is 90.8 Å². The molecule has 80 valence electrons. The van der Waals surface area contributed by atoms with Crippen molar-refractivity contribution in [2.75, 3.05) is 5.32 Å². The molecule has 1 aromatic carbocycles. The number of halogens is 1. The van der Waals surface area contributed by atoms with Crippen LogP contribution in [-0.4, -0.2) is 11.1 Å². The molecule has 0 aliphatic rings. The summed E-state index contributed by atoms with van der Waals surface area (Å²) in [6.45, 7) is 0. The lowest BCUT2D eigenvalue weighted by Crippen LogP contribution is -2.46. The Morgan fingerprint density at radius 3 is 2.40 bits per heavy atom. The Hall–Kier alpha value is -1.89. The van der Waals surface area contributed by atoms with Gasteiger partial charge in [0.2, 0.25) is 0 Å². The quantitative estimate of drug-likeness (QED) is 0.421. The van der Waals surface area contributed by atoms with Crippen LogP contribution in [0.3, 0.4) is 0 Å². The first-order valence-corrected chi connectivity index (χ1v) is 4.37. The molecule has 0 saturated heterocycles. The fourth-order valence-electron chi connectivity index (χ4n) is 0.814. The summed E-state index contributed by atoms with van der Waals surface area (Å²) in [6.07, 6.45) is 0. The first-order chi connectivity index (χ1) is 7.08. The monoisotopic (exact) mass is 228 g/mol. The first kappa shape index (κ1) is 11.2. The molecular weight excluding hydrogens is 219 g/mol. The van der Waals surface area contributed by atoms with Gasteiger partial charge in [-0.1, -0.05) is 0 Å². The number of rotatable bonds is 1. The predicted molar refractivity (Wildman–Crippen MR) is 58.5 cm³/mol. The van der Waals surface area contributed by atoms with E-state index in [9.17, 15) is 9.18 Å². The van der Waals surface area contributed by atoms with Crippen molar-refractivity contribution >= 4 is 29.0 Å². The van der Waals surface area contributed by atoms with Gasteiger partial charge in [-0.3, -0.25) is 5.43 Å². The molecule has 2 amide bonds. The smallest absolute Gasteiger partial charge is 0.337 e. The Bertz CT molecular complexity index is 367. The van der Waals surface area contributed by atoms with Crippen LogP contribution in [0.15, 0.2) is 24.3 Å². The number of benzene rings is 1. The number of hydrazine groups is 1. The normalized spacial score (nSPS) is 9.13. The fraction of sp³-hybridized carbons (Fsp3) is 0. The third-order valence-electron chi connectivity index (χ3n) is 1.40. The van der Waals surface area contributed by atoms with Crippen LogP contribution in [0.5, 0.6) is 0 Å². The minimum atomic E-state index is -0.547. The molecule has 0 aliphatic carbocycles. The number of thiocarbonyl (C=S) groups is 1. The third-order valence-corrected chi connectivity index (χ3v) is 1.50. The van der Waals surface area contributed by atoms with Crippen molar-refractivity contribution in [1.82, 2.24) is 10.9 Å². The van der Waals surface area contributed by atoms with Crippen molar-refractivity contribution in [2.45, 2.75) is 0 Å². The number of anilines is 1. The second-order valence-electron chi connectivity index (χ2n) is 2.58. The highest BCUT2D eigenvalue weighted by atomic mass is 32.1. The largest absolute Gasteiger partial charge is 0.375 e. The zero-order valence-electron chi connectivity index (χ0n) is 7.58. The highest BCUT2D eigenvalue weighted by Crippen LogP contribution is 2.07. The number of nitrogens with one attached hydrogen (secondary N) is 3. The number of nitrogens with two attached hydrogens (primary N) is 1. The van der Waals surface area contributed by atoms with Crippen molar-refractivity contribution in [2.24, 2.45) is 5.73 Å². The number of hydrogen-bond acceptors (Lipinski definition) is 2. The Morgan fingerprint density at radius 1 is 1.27 bits per heavy atom. The molecule has 0 aliphatic heterocycles. The van der Waals surface area contributed by atoms with E-state index in [0.29, 0.717) is 5.69 Å². The molecule has 5 N–H and O–H groups in total. The van der Waals surface area contributed by atoms with Gasteiger partial charge in [-0.25, -0.2) is 14.6 Å². The molecule has 0 fully saturated rings. The number of carbonyl (C=O) groups excluding carboxylic acids is 1. The standard InChI is InChI=1S/C8H9FN4OS/c9-5-1-3-6(4-2-5)11-8(14)13-12-7(10)15/h1-4H,(H3,10,12,15)(H2,11,13,14).